The fraction of sp³-hybridized carbons (Fsp3) is 0.250. The molecule has 0 fully saturated rings. The van der Waals surface area contributed by atoms with Crippen LogP contribution in [0, 0.1) is 20.8 Å². The third kappa shape index (κ3) is 3.92. The molecule has 7 nitrogen and oxygen atoms in total. The molecule has 2 heterocycles. The molecular weight excluding hydrogens is 346 g/mol. The highest BCUT2D eigenvalue weighted by Crippen LogP contribution is 2.21. The summed E-state index contributed by atoms with van der Waals surface area (Å²) >= 11 is 0. The summed E-state index contributed by atoms with van der Waals surface area (Å²) in [7, 11) is 1.72. The first-order valence-electron chi connectivity index (χ1n) is 8.49. The smallest absolute Gasteiger partial charge is 0.291 e. The molecule has 0 unspecified atom stereocenters. The van der Waals surface area contributed by atoms with E-state index in [0.717, 1.165) is 16.8 Å². The van der Waals surface area contributed by atoms with Crippen molar-refractivity contribution in [1.29, 1.82) is 0 Å². The quantitative estimate of drug-likeness (QED) is 0.742. The van der Waals surface area contributed by atoms with Gasteiger partial charge in [-0.15, -0.1) is 0 Å². The van der Waals surface area contributed by atoms with Crippen molar-refractivity contribution >= 4 is 17.5 Å². The predicted molar refractivity (Wildman–Crippen MR) is 99.6 cm³/mol. The number of hydrogen-bond acceptors (Lipinski definition) is 5. The van der Waals surface area contributed by atoms with E-state index < -0.39 is 0 Å². The monoisotopic (exact) mass is 367 g/mol. The lowest BCUT2D eigenvalue weighted by Gasteiger charge is -2.18. The molecule has 0 spiro atoms. The number of aromatic nitrogens is 1. The number of benzene rings is 1. The van der Waals surface area contributed by atoms with Crippen LogP contribution in [-0.2, 0) is 6.54 Å². The van der Waals surface area contributed by atoms with Gasteiger partial charge in [-0.1, -0.05) is 11.2 Å². The van der Waals surface area contributed by atoms with Crippen LogP contribution in [0.15, 0.2) is 45.5 Å². The first-order valence-corrected chi connectivity index (χ1v) is 8.49. The minimum Gasteiger partial charge on any atom is -0.459 e. The van der Waals surface area contributed by atoms with Gasteiger partial charge < -0.3 is 19.2 Å². The highest BCUT2D eigenvalue weighted by Gasteiger charge is 2.18. The summed E-state index contributed by atoms with van der Waals surface area (Å²) in [6.07, 6.45) is 1.44. The van der Waals surface area contributed by atoms with Crippen LogP contribution in [0.2, 0.25) is 0 Å². The Morgan fingerprint density at radius 1 is 1.19 bits per heavy atom. The van der Waals surface area contributed by atoms with Gasteiger partial charge in [0.1, 0.15) is 5.76 Å². The number of carbonyl (C=O) groups excluding carboxylic acids is 2. The van der Waals surface area contributed by atoms with E-state index in [2.05, 4.69) is 10.5 Å². The molecule has 3 aromatic rings. The molecule has 0 saturated heterocycles. The SMILES string of the molecule is Cc1ccc(C(=O)N(C)Cc2c(C)noc2C)cc1NC(=O)c1ccco1. The Balaban J connectivity index is 1.78. The number of hydrogen-bond donors (Lipinski definition) is 1. The van der Waals surface area contributed by atoms with Crippen LogP contribution in [0.5, 0.6) is 0 Å². The normalized spacial score (nSPS) is 10.7. The Hall–Kier alpha value is -3.35. The molecular formula is C20H21N3O4. The minimum atomic E-state index is -0.364. The molecule has 0 bridgehead atoms. The van der Waals surface area contributed by atoms with Crippen LogP contribution in [0.1, 0.15) is 43.5 Å². The van der Waals surface area contributed by atoms with Crippen LogP contribution in [0.3, 0.4) is 0 Å². The van der Waals surface area contributed by atoms with Gasteiger partial charge in [0.25, 0.3) is 11.8 Å². The number of aryl methyl sites for hydroxylation is 3. The van der Waals surface area contributed by atoms with E-state index in [4.69, 9.17) is 8.94 Å². The lowest BCUT2D eigenvalue weighted by molar-refractivity contribution is 0.0784. The largest absolute Gasteiger partial charge is 0.459 e. The first kappa shape index (κ1) is 18.4. The lowest BCUT2D eigenvalue weighted by atomic mass is 10.1. The molecule has 1 aromatic carbocycles. The maximum atomic E-state index is 12.8. The van der Waals surface area contributed by atoms with Crippen LogP contribution in [0.4, 0.5) is 5.69 Å². The third-order valence-corrected chi connectivity index (χ3v) is 4.40. The molecule has 140 valence electrons. The Labute approximate surface area is 156 Å². The summed E-state index contributed by atoms with van der Waals surface area (Å²) in [6, 6.07) is 8.43. The number of rotatable bonds is 5. The third-order valence-electron chi connectivity index (χ3n) is 4.40. The Morgan fingerprint density at radius 3 is 2.59 bits per heavy atom. The second-order valence-corrected chi connectivity index (χ2v) is 6.43. The topological polar surface area (TPSA) is 88.6 Å². The van der Waals surface area contributed by atoms with Crippen LogP contribution in [0.25, 0.3) is 0 Å². The highest BCUT2D eigenvalue weighted by atomic mass is 16.5. The van der Waals surface area contributed by atoms with Gasteiger partial charge in [0.15, 0.2) is 5.76 Å². The van der Waals surface area contributed by atoms with Gasteiger partial charge in [0.2, 0.25) is 0 Å². The predicted octanol–water partition coefficient (Wildman–Crippen LogP) is 3.72. The average Bonchev–Trinajstić information content (AvgIpc) is 3.29. The van der Waals surface area contributed by atoms with Crippen molar-refractivity contribution < 1.29 is 18.5 Å². The first-order chi connectivity index (χ1) is 12.9. The van der Waals surface area contributed by atoms with Gasteiger partial charge in [-0.3, -0.25) is 9.59 Å². The molecule has 1 N–H and O–H groups in total. The average molecular weight is 367 g/mol. The summed E-state index contributed by atoms with van der Waals surface area (Å²) in [6.45, 7) is 5.92. The minimum absolute atomic E-state index is 0.163. The maximum absolute atomic E-state index is 12.8. The number of nitrogens with one attached hydrogen (secondary N) is 1. The van der Waals surface area contributed by atoms with Crippen LogP contribution >= 0.6 is 0 Å². The van der Waals surface area contributed by atoms with Gasteiger partial charge in [-0.25, -0.2) is 0 Å². The van der Waals surface area contributed by atoms with Crippen molar-refractivity contribution in [3.05, 3.63) is 70.5 Å². The lowest BCUT2D eigenvalue weighted by Crippen LogP contribution is -2.27. The van der Waals surface area contributed by atoms with Crippen LogP contribution in [-0.4, -0.2) is 28.9 Å². The number of nitrogens with zero attached hydrogens (tertiary/aromatic N) is 2. The van der Waals surface area contributed by atoms with Crippen molar-refractivity contribution in [3.8, 4) is 0 Å². The zero-order valence-electron chi connectivity index (χ0n) is 15.7. The number of anilines is 1. The van der Waals surface area contributed by atoms with Gasteiger partial charge in [0.05, 0.1) is 18.5 Å². The fourth-order valence-electron chi connectivity index (χ4n) is 2.74. The molecule has 7 heteroatoms. The molecule has 0 aliphatic heterocycles. The Morgan fingerprint density at radius 2 is 1.96 bits per heavy atom. The molecule has 0 radical (unpaired) electrons. The molecule has 0 atom stereocenters. The van der Waals surface area contributed by atoms with Gasteiger partial charge in [-0.05, 0) is 50.6 Å². The number of amides is 2. The van der Waals surface area contributed by atoms with Crippen molar-refractivity contribution in [1.82, 2.24) is 10.1 Å². The fourth-order valence-corrected chi connectivity index (χ4v) is 2.74. The van der Waals surface area contributed by atoms with Gasteiger partial charge >= 0.3 is 0 Å². The van der Waals surface area contributed by atoms with E-state index in [0.29, 0.717) is 23.6 Å². The highest BCUT2D eigenvalue weighted by molar-refractivity contribution is 6.03. The Bertz CT molecular complexity index is 954. The van der Waals surface area contributed by atoms with E-state index in [1.165, 1.54) is 6.26 Å². The molecule has 2 amide bonds. The van der Waals surface area contributed by atoms with Gasteiger partial charge in [-0.2, -0.15) is 0 Å². The molecule has 3 rings (SSSR count). The summed E-state index contributed by atoms with van der Waals surface area (Å²) in [5.41, 5.74) is 3.55. The summed E-state index contributed by atoms with van der Waals surface area (Å²) in [5, 5.41) is 6.70. The van der Waals surface area contributed by atoms with Crippen molar-refractivity contribution in [2.75, 3.05) is 12.4 Å². The van der Waals surface area contributed by atoms with E-state index in [9.17, 15) is 9.59 Å². The zero-order chi connectivity index (χ0) is 19.6. The van der Waals surface area contributed by atoms with Gasteiger partial charge in [0, 0.05) is 23.9 Å². The Kier molecular flexibility index (Phi) is 5.12. The molecule has 0 aliphatic carbocycles. The molecule has 27 heavy (non-hydrogen) atoms. The van der Waals surface area contributed by atoms with Crippen molar-refractivity contribution in [3.63, 3.8) is 0 Å². The molecule has 0 saturated carbocycles. The van der Waals surface area contributed by atoms with E-state index in [1.807, 2.05) is 20.8 Å². The summed E-state index contributed by atoms with van der Waals surface area (Å²) in [5.74, 6) is 0.379. The summed E-state index contributed by atoms with van der Waals surface area (Å²) < 4.78 is 10.3. The van der Waals surface area contributed by atoms with E-state index in [1.54, 1.807) is 42.3 Å². The second kappa shape index (κ2) is 7.49. The molecule has 2 aromatic heterocycles. The maximum Gasteiger partial charge on any atom is 0.291 e. The number of carbonyl (C=O) groups is 2. The molecule has 0 aliphatic rings. The second-order valence-electron chi connectivity index (χ2n) is 6.43. The van der Waals surface area contributed by atoms with E-state index >= 15 is 0 Å². The van der Waals surface area contributed by atoms with Crippen molar-refractivity contribution in [2.45, 2.75) is 27.3 Å². The van der Waals surface area contributed by atoms with Crippen LogP contribution < -0.4 is 5.32 Å². The van der Waals surface area contributed by atoms with E-state index in [-0.39, 0.29) is 17.6 Å². The number of furan rings is 1. The van der Waals surface area contributed by atoms with Crippen molar-refractivity contribution in [2.24, 2.45) is 0 Å². The zero-order valence-corrected chi connectivity index (χ0v) is 15.7. The standard InChI is InChI=1S/C20H21N3O4/c1-12-7-8-15(10-17(12)21-19(24)18-6-5-9-26-18)20(25)23(4)11-16-13(2)22-27-14(16)3/h5-10H,11H2,1-4H3,(H,21,24). The summed E-state index contributed by atoms with van der Waals surface area (Å²) in [4.78, 5) is 26.6.